The molecule has 0 saturated carbocycles. The Hall–Kier alpha value is -2.04. The molecular weight excluding hydrogens is 253 g/mol. The van der Waals surface area contributed by atoms with E-state index in [2.05, 4.69) is 4.98 Å². The van der Waals surface area contributed by atoms with Gasteiger partial charge in [0.15, 0.2) is 0 Å². The van der Waals surface area contributed by atoms with E-state index in [0.29, 0.717) is 11.1 Å². The lowest BCUT2D eigenvalue weighted by Gasteiger charge is -2.11. The van der Waals surface area contributed by atoms with Crippen LogP contribution in [0, 0.1) is 13.8 Å². The highest BCUT2D eigenvalue weighted by Gasteiger charge is 2.31. The van der Waals surface area contributed by atoms with Crippen LogP contribution in [0.2, 0.25) is 0 Å². The first-order chi connectivity index (χ1) is 8.75. The fourth-order valence-corrected chi connectivity index (χ4v) is 1.98. The minimum atomic E-state index is -4.40. The predicted octanol–water partition coefficient (Wildman–Crippen LogP) is 3.97. The fourth-order valence-electron chi connectivity index (χ4n) is 1.98. The minimum Gasteiger partial charge on any atom is -0.399 e. The molecule has 0 atom stereocenters. The number of nitrogens with zero attached hydrogens (tertiary/aromatic N) is 1. The maximum atomic E-state index is 12.8. The molecule has 0 amide bonds. The quantitative estimate of drug-likeness (QED) is 0.793. The molecule has 2 rings (SSSR count). The summed E-state index contributed by atoms with van der Waals surface area (Å²) in [6.07, 6.45) is -4.40. The van der Waals surface area contributed by atoms with Crippen LogP contribution in [0.25, 0.3) is 11.1 Å². The zero-order valence-corrected chi connectivity index (χ0v) is 10.5. The fraction of sp³-hybridized carbons (Fsp3) is 0.214. The molecule has 0 fully saturated rings. The molecule has 0 aliphatic rings. The standard InChI is InChI=1S/C14H13F3N2/c1-8-3-10(4-9(2)19-8)11-5-12(14(15,16)17)7-13(18)6-11/h3-7H,18H2,1-2H3. The number of aryl methyl sites for hydroxylation is 2. The molecule has 0 saturated heterocycles. The Morgan fingerprint density at radius 3 is 1.95 bits per heavy atom. The van der Waals surface area contributed by atoms with Crippen LogP contribution < -0.4 is 5.73 Å². The lowest BCUT2D eigenvalue weighted by Crippen LogP contribution is -2.06. The van der Waals surface area contributed by atoms with Crippen molar-refractivity contribution in [2.24, 2.45) is 0 Å². The number of aromatic nitrogens is 1. The van der Waals surface area contributed by atoms with Gasteiger partial charge < -0.3 is 5.73 Å². The number of nitrogen functional groups attached to an aromatic ring is 1. The van der Waals surface area contributed by atoms with Crippen molar-refractivity contribution in [2.75, 3.05) is 5.73 Å². The van der Waals surface area contributed by atoms with Crippen molar-refractivity contribution < 1.29 is 13.2 Å². The van der Waals surface area contributed by atoms with Crippen molar-refractivity contribution in [2.45, 2.75) is 20.0 Å². The van der Waals surface area contributed by atoms with Gasteiger partial charge in [0.2, 0.25) is 0 Å². The van der Waals surface area contributed by atoms with Crippen LogP contribution in [0.1, 0.15) is 17.0 Å². The number of hydrogen-bond donors (Lipinski definition) is 1. The third-order valence-electron chi connectivity index (χ3n) is 2.70. The summed E-state index contributed by atoms with van der Waals surface area (Å²) in [4.78, 5) is 4.20. The highest BCUT2D eigenvalue weighted by atomic mass is 19.4. The van der Waals surface area contributed by atoms with Crippen LogP contribution >= 0.6 is 0 Å². The van der Waals surface area contributed by atoms with Crippen LogP contribution in [0.3, 0.4) is 0 Å². The number of alkyl halides is 3. The smallest absolute Gasteiger partial charge is 0.399 e. The Morgan fingerprint density at radius 1 is 0.895 bits per heavy atom. The number of nitrogens with two attached hydrogens (primary N) is 1. The third-order valence-corrected chi connectivity index (χ3v) is 2.70. The Kier molecular flexibility index (Phi) is 3.22. The molecule has 1 aromatic heterocycles. The minimum absolute atomic E-state index is 0.0944. The molecule has 0 bridgehead atoms. The van der Waals surface area contributed by atoms with Crippen molar-refractivity contribution in [3.8, 4) is 11.1 Å². The van der Waals surface area contributed by atoms with Crippen molar-refractivity contribution in [3.05, 3.63) is 47.3 Å². The third kappa shape index (κ3) is 3.05. The van der Waals surface area contributed by atoms with Crippen LogP contribution in [-0.2, 0) is 6.18 Å². The van der Waals surface area contributed by atoms with Crippen molar-refractivity contribution >= 4 is 5.69 Å². The lowest BCUT2D eigenvalue weighted by atomic mass is 10.0. The summed E-state index contributed by atoms with van der Waals surface area (Å²) < 4.78 is 38.3. The molecule has 0 aliphatic carbocycles. The number of halogens is 3. The average Bonchev–Trinajstić information content (AvgIpc) is 2.25. The Bertz CT molecular complexity index is 598. The van der Waals surface area contributed by atoms with Crippen LogP contribution in [-0.4, -0.2) is 4.98 Å². The monoisotopic (exact) mass is 266 g/mol. The molecule has 0 spiro atoms. The van der Waals surface area contributed by atoms with Crippen LogP contribution in [0.5, 0.6) is 0 Å². The molecule has 2 aromatic rings. The number of benzene rings is 1. The van der Waals surface area contributed by atoms with Gasteiger partial charge in [-0.3, -0.25) is 4.98 Å². The van der Waals surface area contributed by atoms with Gasteiger partial charge in [0, 0.05) is 17.1 Å². The van der Waals surface area contributed by atoms with E-state index in [9.17, 15) is 13.2 Å². The summed E-state index contributed by atoms with van der Waals surface area (Å²) in [5.41, 5.74) is 7.55. The van der Waals surface area contributed by atoms with Gasteiger partial charge in [-0.15, -0.1) is 0 Å². The van der Waals surface area contributed by atoms with E-state index in [1.807, 2.05) is 0 Å². The van der Waals surface area contributed by atoms with Gasteiger partial charge in [0.05, 0.1) is 5.56 Å². The molecule has 0 unspecified atom stereocenters. The van der Waals surface area contributed by atoms with Crippen LogP contribution in [0.15, 0.2) is 30.3 Å². The second-order valence-electron chi connectivity index (χ2n) is 4.48. The first-order valence-electron chi connectivity index (χ1n) is 5.69. The summed E-state index contributed by atoms with van der Waals surface area (Å²) in [7, 11) is 0. The largest absolute Gasteiger partial charge is 0.416 e. The summed E-state index contributed by atoms with van der Waals surface area (Å²) in [5.74, 6) is 0. The highest BCUT2D eigenvalue weighted by Crippen LogP contribution is 2.34. The van der Waals surface area contributed by atoms with E-state index in [0.717, 1.165) is 23.5 Å². The molecule has 2 N–H and O–H groups in total. The zero-order valence-electron chi connectivity index (χ0n) is 10.5. The lowest BCUT2D eigenvalue weighted by molar-refractivity contribution is -0.137. The summed E-state index contributed by atoms with van der Waals surface area (Å²) in [6, 6.07) is 7.04. The van der Waals surface area contributed by atoms with Crippen molar-refractivity contribution in [1.82, 2.24) is 4.98 Å². The first-order valence-corrected chi connectivity index (χ1v) is 5.69. The molecule has 2 nitrogen and oxygen atoms in total. The summed E-state index contributed by atoms with van der Waals surface area (Å²) in [5, 5.41) is 0. The van der Waals surface area contributed by atoms with E-state index in [4.69, 9.17) is 5.73 Å². The van der Waals surface area contributed by atoms with Gasteiger partial charge >= 0.3 is 6.18 Å². The van der Waals surface area contributed by atoms with Crippen LogP contribution in [0.4, 0.5) is 18.9 Å². The van der Waals surface area contributed by atoms with Gasteiger partial charge in [-0.2, -0.15) is 13.2 Å². The van der Waals surface area contributed by atoms with Crippen molar-refractivity contribution in [1.29, 1.82) is 0 Å². The Labute approximate surface area is 109 Å². The van der Waals surface area contributed by atoms with Gasteiger partial charge in [0.1, 0.15) is 0 Å². The maximum Gasteiger partial charge on any atom is 0.416 e. The molecule has 0 aliphatic heterocycles. The summed E-state index contributed by atoms with van der Waals surface area (Å²) >= 11 is 0. The highest BCUT2D eigenvalue weighted by molar-refractivity contribution is 5.69. The van der Waals surface area contributed by atoms with Gasteiger partial charge in [-0.05, 0) is 55.3 Å². The van der Waals surface area contributed by atoms with Gasteiger partial charge in [-0.1, -0.05) is 0 Å². The second kappa shape index (κ2) is 4.57. The molecule has 0 radical (unpaired) electrons. The first kappa shape index (κ1) is 13.4. The average molecular weight is 266 g/mol. The molecule has 1 aromatic carbocycles. The topological polar surface area (TPSA) is 38.9 Å². The maximum absolute atomic E-state index is 12.8. The normalized spacial score (nSPS) is 11.6. The predicted molar refractivity (Wildman–Crippen MR) is 68.6 cm³/mol. The molecular formula is C14H13F3N2. The van der Waals surface area contributed by atoms with E-state index < -0.39 is 11.7 Å². The second-order valence-corrected chi connectivity index (χ2v) is 4.48. The van der Waals surface area contributed by atoms with E-state index in [-0.39, 0.29) is 5.69 Å². The number of anilines is 1. The van der Waals surface area contributed by atoms with E-state index in [1.165, 1.54) is 6.07 Å². The SMILES string of the molecule is Cc1cc(-c2cc(N)cc(C(F)(F)F)c2)cc(C)n1. The Morgan fingerprint density at radius 2 is 1.42 bits per heavy atom. The molecule has 19 heavy (non-hydrogen) atoms. The van der Waals surface area contributed by atoms with Crippen molar-refractivity contribution in [3.63, 3.8) is 0 Å². The van der Waals surface area contributed by atoms with Gasteiger partial charge in [-0.25, -0.2) is 0 Å². The number of pyridine rings is 1. The summed E-state index contributed by atoms with van der Waals surface area (Å²) in [6.45, 7) is 3.60. The number of hydrogen-bond acceptors (Lipinski definition) is 2. The Balaban J connectivity index is 2.59. The molecule has 1 heterocycles. The molecule has 5 heteroatoms. The number of rotatable bonds is 1. The van der Waals surface area contributed by atoms with E-state index >= 15 is 0 Å². The molecule has 100 valence electrons. The zero-order chi connectivity index (χ0) is 14.2. The van der Waals surface area contributed by atoms with E-state index in [1.54, 1.807) is 26.0 Å². The van der Waals surface area contributed by atoms with Gasteiger partial charge in [0.25, 0.3) is 0 Å².